The van der Waals surface area contributed by atoms with Gasteiger partial charge >= 0.3 is 0 Å². The van der Waals surface area contributed by atoms with Crippen molar-refractivity contribution in [3.8, 4) is 33.4 Å². The SMILES string of the molecule is c1ccc(-c2ccc(C3=NC(c4ccc5c(c4)C4(c6ccccc6-5)c5ccccc5-c5c4sc4ccccc54)Nc4ccccc43)cc2)cc1. The van der Waals surface area contributed by atoms with Crippen molar-refractivity contribution in [1.29, 1.82) is 0 Å². The number of anilines is 1. The van der Waals surface area contributed by atoms with Crippen LogP contribution >= 0.6 is 11.3 Å². The molecule has 0 radical (unpaired) electrons. The summed E-state index contributed by atoms with van der Waals surface area (Å²) in [5.74, 6) is 0. The molecule has 0 fully saturated rings. The minimum atomic E-state index is -0.385. The maximum absolute atomic E-state index is 5.49. The molecule has 3 aliphatic rings. The van der Waals surface area contributed by atoms with Gasteiger partial charge in [0.25, 0.3) is 0 Å². The first-order valence-electron chi connectivity index (χ1n) is 17.2. The number of hydrogen-bond donors (Lipinski definition) is 1. The van der Waals surface area contributed by atoms with E-state index in [1.54, 1.807) is 0 Å². The predicted molar refractivity (Wildman–Crippen MR) is 208 cm³/mol. The number of nitrogens with zero attached hydrogens (tertiary/aromatic N) is 1. The quantitative estimate of drug-likeness (QED) is 0.201. The number of hydrogen-bond acceptors (Lipinski definition) is 3. The van der Waals surface area contributed by atoms with Gasteiger partial charge in [-0.1, -0.05) is 152 Å². The lowest BCUT2D eigenvalue weighted by Gasteiger charge is -2.31. The van der Waals surface area contributed by atoms with Crippen LogP contribution in [0.1, 0.15) is 44.4 Å². The highest BCUT2D eigenvalue weighted by Crippen LogP contribution is 2.66. The van der Waals surface area contributed by atoms with E-state index in [9.17, 15) is 0 Å². The molecule has 8 aromatic rings. The first-order chi connectivity index (χ1) is 24.8. The molecule has 2 heterocycles. The van der Waals surface area contributed by atoms with E-state index in [1.807, 2.05) is 11.3 Å². The molecule has 0 saturated carbocycles. The Kier molecular flexibility index (Phi) is 5.84. The van der Waals surface area contributed by atoms with Crippen LogP contribution in [0.25, 0.3) is 43.5 Å². The highest BCUT2D eigenvalue weighted by molar-refractivity contribution is 7.20. The van der Waals surface area contributed by atoms with Gasteiger partial charge in [-0.05, 0) is 68.3 Å². The van der Waals surface area contributed by atoms with Gasteiger partial charge in [0, 0.05) is 37.3 Å². The van der Waals surface area contributed by atoms with Crippen LogP contribution in [0.15, 0.2) is 175 Å². The lowest BCUT2D eigenvalue weighted by molar-refractivity contribution is 0.791. The van der Waals surface area contributed by atoms with E-state index in [0.29, 0.717) is 0 Å². The highest BCUT2D eigenvalue weighted by Gasteiger charge is 2.53. The standard InChI is InChI=1S/C47H30N2S/c1-2-12-29(13-3-1)30-22-24-31(25-23-30)44-36-16-6-10-20-41(36)48-46(49-44)32-26-27-34-33-14-4-8-18-38(33)47(40(34)28-32)39-19-9-5-15-35(39)43-37-17-7-11-21-42(37)50-45(43)47/h1-28,46,48H. The van der Waals surface area contributed by atoms with Crippen LogP contribution in [0.5, 0.6) is 0 Å². The summed E-state index contributed by atoms with van der Waals surface area (Å²) in [6.07, 6.45) is -0.238. The first-order valence-corrected chi connectivity index (χ1v) is 18.1. The van der Waals surface area contributed by atoms with Crippen molar-refractivity contribution in [3.05, 3.63) is 208 Å². The van der Waals surface area contributed by atoms with E-state index >= 15 is 0 Å². The molecule has 2 aliphatic carbocycles. The van der Waals surface area contributed by atoms with E-state index in [4.69, 9.17) is 4.99 Å². The number of thiophene rings is 1. The zero-order chi connectivity index (χ0) is 32.8. The Bertz CT molecular complexity index is 2680. The number of benzene rings is 7. The highest BCUT2D eigenvalue weighted by atomic mass is 32.1. The summed E-state index contributed by atoms with van der Waals surface area (Å²) in [6, 6.07) is 62.1. The van der Waals surface area contributed by atoms with Crippen LogP contribution in [-0.4, -0.2) is 5.71 Å². The Morgan fingerprint density at radius 2 is 1.12 bits per heavy atom. The molecule has 1 spiro atoms. The Balaban J connectivity index is 1.11. The van der Waals surface area contributed by atoms with Gasteiger partial charge in [-0.2, -0.15) is 0 Å². The van der Waals surface area contributed by atoms with Crippen LogP contribution in [0, 0.1) is 0 Å². The summed E-state index contributed by atoms with van der Waals surface area (Å²) >= 11 is 1.95. The molecule has 3 heteroatoms. The molecule has 7 aromatic carbocycles. The summed E-state index contributed by atoms with van der Waals surface area (Å²) in [5.41, 5.74) is 17.0. The molecule has 2 atom stereocenters. The van der Waals surface area contributed by atoms with Gasteiger partial charge in [-0.25, -0.2) is 0 Å². The van der Waals surface area contributed by atoms with E-state index < -0.39 is 0 Å². The number of aliphatic imine (C=N–C) groups is 1. The predicted octanol–water partition coefficient (Wildman–Crippen LogP) is 11.9. The number of rotatable bonds is 3. The van der Waals surface area contributed by atoms with E-state index in [1.165, 1.54) is 65.0 Å². The Labute approximate surface area is 295 Å². The van der Waals surface area contributed by atoms with Crippen LogP contribution in [-0.2, 0) is 5.41 Å². The average Bonchev–Trinajstić information content (AvgIpc) is 3.81. The summed E-state index contributed by atoms with van der Waals surface area (Å²) in [7, 11) is 0. The Morgan fingerprint density at radius 1 is 0.500 bits per heavy atom. The van der Waals surface area contributed by atoms with Crippen molar-refractivity contribution in [3.63, 3.8) is 0 Å². The maximum atomic E-state index is 5.49. The second-order valence-electron chi connectivity index (χ2n) is 13.5. The van der Waals surface area contributed by atoms with Crippen LogP contribution in [0.3, 0.4) is 0 Å². The smallest absolute Gasteiger partial charge is 0.145 e. The van der Waals surface area contributed by atoms with Crippen LogP contribution < -0.4 is 5.32 Å². The van der Waals surface area contributed by atoms with Gasteiger partial charge in [0.05, 0.1) is 11.1 Å². The zero-order valence-electron chi connectivity index (χ0n) is 27.1. The molecule has 50 heavy (non-hydrogen) atoms. The molecule has 1 aromatic heterocycles. The average molecular weight is 655 g/mol. The Morgan fingerprint density at radius 3 is 1.96 bits per heavy atom. The molecule has 0 saturated heterocycles. The van der Waals surface area contributed by atoms with Crippen LogP contribution in [0.4, 0.5) is 5.69 Å². The molecule has 0 bridgehead atoms. The monoisotopic (exact) mass is 654 g/mol. The fourth-order valence-electron chi connectivity index (χ4n) is 8.76. The third kappa shape index (κ3) is 3.76. The normalized spacial score (nSPS) is 17.8. The summed E-state index contributed by atoms with van der Waals surface area (Å²) in [5, 5.41) is 5.16. The van der Waals surface area contributed by atoms with Gasteiger partial charge in [-0.15, -0.1) is 11.3 Å². The molecular weight excluding hydrogens is 625 g/mol. The van der Waals surface area contributed by atoms with Crippen LogP contribution in [0.2, 0.25) is 0 Å². The lowest BCUT2D eigenvalue weighted by atomic mass is 9.73. The summed E-state index contributed by atoms with van der Waals surface area (Å²) < 4.78 is 1.34. The molecule has 1 aliphatic heterocycles. The topological polar surface area (TPSA) is 24.4 Å². The van der Waals surface area contributed by atoms with Crippen molar-refractivity contribution in [1.82, 2.24) is 0 Å². The van der Waals surface area contributed by atoms with Crippen molar-refractivity contribution in [2.24, 2.45) is 4.99 Å². The van der Waals surface area contributed by atoms with Gasteiger partial charge in [0.15, 0.2) is 0 Å². The van der Waals surface area contributed by atoms with E-state index in [0.717, 1.165) is 28.1 Å². The molecule has 1 N–H and O–H groups in total. The second-order valence-corrected chi connectivity index (χ2v) is 14.5. The molecule has 234 valence electrons. The van der Waals surface area contributed by atoms with Crippen molar-refractivity contribution < 1.29 is 0 Å². The molecule has 2 nitrogen and oxygen atoms in total. The largest absolute Gasteiger partial charge is 0.360 e. The third-order valence-electron chi connectivity index (χ3n) is 10.9. The number of nitrogens with one attached hydrogen (secondary N) is 1. The minimum Gasteiger partial charge on any atom is -0.360 e. The van der Waals surface area contributed by atoms with E-state index in [-0.39, 0.29) is 11.6 Å². The summed E-state index contributed by atoms with van der Waals surface area (Å²) in [4.78, 5) is 6.91. The third-order valence-corrected chi connectivity index (χ3v) is 12.2. The van der Waals surface area contributed by atoms with Gasteiger partial charge in [0.2, 0.25) is 0 Å². The minimum absolute atomic E-state index is 0.238. The van der Waals surface area contributed by atoms with E-state index in [2.05, 4.69) is 175 Å². The molecule has 2 unspecified atom stereocenters. The maximum Gasteiger partial charge on any atom is 0.145 e. The van der Waals surface area contributed by atoms with Gasteiger partial charge < -0.3 is 5.32 Å². The van der Waals surface area contributed by atoms with Crippen molar-refractivity contribution in [2.75, 3.05) is 5.32 Å². The second kappa shape index (κ2) is 10.5. The van der Waals surface area contributed by atoms with Crippen molar-refractivity contribution in [2.45, 2.75) is 11.6 Å². The van der Waals surface area contributed by atoms with Gasteiger partial charge in [-0.3, -0.25) is 4.99 Å². The van der Waals surface area contributed by atoms with Gasteiger partial charge in [0.1, 0.15) is 6.17 Å². The molecule has 11 rings (SSSR count). The Hall–Kier alpha value is -6.03. The number of fused-ring (bicyclic) bond motifs is 13. The number of para-hydroxylation sites is 1. The lowest BCUT2D eigenvalue weighted by Crippen LogP contribution is -2.26. The fraction of sp³-hybridized carbons (Fsp3) is 0.0426. The summed E-state index contributed by atoms with van der Waals surface area (Å²) in [6.45, 7) is 0. The molecular formula is C47H30N2S. The molecule has 0 amide bonds. The first kappa shape index (κ1) is 27.9. The van der Waals surface area contributed by atoms with Crippen molar-refractivity contribution >= 4 is 32.8 Å². The zero-order valence-corrected chi connectivity index (χ0v) is 27.9. The fourth-order valence-corrected chi connectivity index (χ4v) is 10.2.